The minimum absolute atomic E-state index is 0.302. The minimum Gasteiger partial charge on any atom is -0.357 e. The van der Waals surface area contributed by atoms with Gasteiger partial charge in [-0.3, -0.25) is 5.43 Å². The summed E-state index contributed by atoms with van der Waals surface area (Å²) in [6.45, 7) is 2.34. The van der Waals surface area contributed by atoms with Crippen LogP contribution >= 0.6 is 12.2 Å². The molecule has 3 nitrogen and oxygen atoms in total. The number of hydrogen-bond donors (Lipinski definition) is 2. The normalized spacial score (nSPS) is 11.0. The molecule has 0 aliphatic heterocycles. The van der Waals surface area contributed by atoms with E-state index in [1.54, 1.807) is 25.1 Å². The largest absolute Gasteiger partial charge is 0.357 e. The minimum atomic E-state index is -0.302. The van der Waals surface area contributed by atoms with Crippen LogP contribution in [0.15, 0.2) is 59.7 Å². The predicted octanol–water partition coefficient (Wildman–Crippen LogP) is 3.21. The van der Waals surface area contributed by atoms with Crippen LogP contribution in [0.5, 0.6) is 0 Å². The number of hydrogen-bond acceptors (Lipinski definition) is 2. The van der Waals surface area contributed by atoms with E-state index in [1.807, 2.05) is 30.3 Å². The summed E-state index contributed by atoms with van der Waals surface area (Å²) in [5.74, 6) is -0.302. The van der Waals surface area contributed by atoms with Gasteiger partial charge in [-0.2, -0.15) is 5.10 Å². The van der Waals surface area contributed by atoms with E-state index >= 15 is 0 Å². The molecule has 2 aromatic carbocycles. The topological polar surface area (TPSA) is 36.4 Å². The first kappa shape index (κ1) is 15.1. The maximum absolute atomic E-state index is 13.6. The second kappa shape index (κ2) is 7.50. The van der Waals surface area contributed by atoms with Gasteiger partial charge in [-0.1, -0.05) is 48.5 Å². The number of hydrazone groups is 1. The molecule has 5 heteroatoms. The van der Waals surface area contributed by atoms with E-state index in [0.717, 1.165) is 5.56 Å². The van der Waals surface area contributed by atoms with E-state index in [1.165, 1.54) is 6.07 Å². The molecular formula is C16H16FN3S. The SMILES string of the molecule is C/C(=N/NC(=S)NCc1ccccc1)c1ccccc1F. The highest BCUT2D eigenvalue weighted by Crippen LogP contribution is 2.07. The monoisotopic (exact) mass is 301 g/mol. The van der Waals surface area contributed by atoms with Crippen LogP contribution in [0.2, 0.25) is 0 Å². The summed E-state index contributed by atoms with van der Waals surface area (Å²) in [6.07, 6.45) is 0. The van der Waals surface area contributed by atoms with Crippen molar-refractivity contribution in [1.82, 2.24) is 10.7 Å². The van der Waals surface area contributed by atoms with Gasteiger partial charge >= 0.3 is 0 Å². The van der Waals surface area contributed by atoms with Crippen molar-refractivity contribution >= 4 is 23.0 Å². The zero-order valence-electron chi connectivity index (χ0n) is 11.6. The summed E-state index contributed by atoms with van der Waals surface area (Å²) in [5, 5.41) is 7.53. The van der Waals surface area contributed by atoms with Crippen molar-refractivity contribution in [1.29, 1.82) is 0 Å². The summed E-state index contributed by atoms with van der Waals surface area (Å²) in [7, 11) is 0. The molecule has 21 heavy (non-hydrogen) atoms. The van der Waals surface area contributed by atoms with Crippen molar-refractivity contribution in [3.8, 4) is 0 Å². The molecule has 2 aromatic rings. The third-order valence-corrected chi connectivity index (χ3v) is 3.12. The average Bonchev–Trinajstić information content (AvgIpc) is 2.52. The van der Waals surface area contributed by atoms with Crippen molar-refractivity contribution < 1.29 is 4.39 Å². The molecule has 0 spiro atoms. The summed E-state index contributed by atoms with van der Waals surface area (Å²) < 4.78 is 13.6. The number of nitrogens with zero attached hydrogens (tertiary/aromatic N) is 1. The van der Waals surface area contributed by atoms with Gasteiger partial charge in [-0.25, -0.2) is 4.39 Å². The van der Waals surface area contributed by atoms with E-state index in [9.17, 15) is 4.39 Å². The second-order valence-corrected chi connectivity index (χ2v) is 4.87. The Hall–Kier alpha value is -2.27. The van der Waals surface area contributed by atoms with Crippen LogP contribution < -0.4 is 10.7 Å². The van der Waals surface area contributed by atoms with E-state index in [2.05, 4.69) is 15.8 Å². The number of halogens is 1. The van der Waals surface area contributed by atoms with Crippen LogP contribution in [0.1, 0.15) is 18.1 Å². The Balaban J connectivity index is 1.88. The van der Waals surface area contributed by atoms with Gasteiger partial charge in [-0.15, -0.1) is 0 Å². The Kier molecular flexibility index (Phi) is 5.40. The van der Waals surface area contributed by atoms with Gasteiger partial charge in [0.1, 0.15) is 5.82 Å². The lowest BCUT2D eigenvalue weighted by molar-refractivity contribution is 0.625. The molecule has 0 fully saturated rings. The number of benzene rings is 2. The van der Waals surface area contributed by atoms with Crippen molar-refractivity contribution in [2.45, 2.75) is 13.5 Å². The lowest BCUT2D eigenvalue weighted by Gasteiger charge is -2.08. The molecule has 0 bridgehead atoms. The molecule has 2 rings (SSSR count). The van der Waals surface area contributed by atoms with Gasteiger partial charge in [-0.05, 0) is 30.8 Å². The first-order valence-electron chi connectivity index (χ1n) is 6.54. The maximum Gasteiger partial charge on any atom is 0.187 e. The number of thiocarbonyl (C=S) groups is 1. The molecule has 2 N–H and O–H groups in total. The van der Waals surface area contributed by atoms with E-state index in [0.29, 0.717) is 22.9 Å². The molecule has 0 aromatic heterocycles. The van der Waals surface area contributed by atoms with E-state index in [-0.39, 0.29) is 5.82 Å². The third-order valence-electron chi connectivity index (χ3n) is 2.88. The fraction of sp³-hybridized carbons (Fsp3) is 0.125. The first-order chi connectivity index (χ1) is 10.2. The van der Waals surface area contributed by atoms with Gasteiger partial charge in [0.15, 0.2) is 5.11 Å². The highest BCUT2D eigenvalue weighted by molar-refractivity contribution is 7.80. The van der Waals surface area contributed by atoms with Crippen LogP contribution in [0.3, 0.4) is 0 Å². The smallest absolute Gasteiger partial charge is 0.187 e. The highest BCUT2D eigenvalue weighted by atomic mass is 32.1. The molecule has 0 amide bonds. The molecule has 0 radical (unpaired) electrons. The van der Waals surface area contributed by atoms with Crippen LogP contribution in [0.4, 0.5) is 4.39 Å². The van der Waals surface area contributed by atoms with Crippen LogP contribution in [0, 0.1) is 5.82 Å². The van der Waals surface area contributed by atoms with Gasteiger partial charge < -0.3 is 5.32 Å². The average molecular weight is 301 g/mol. The van der Waals surface area contributed by atoms with Crippen LogP contribution in [-0.4, -0.2) is 10.8 Å². The second-order valence-electron chi connectivity index (χ2n) is 4.46. The summed E-state index contributed by atoms with van der Waals surface area (Å²) in [6, 6.07) is 16.4. The maximum atomic E-state index is 13.6. The molecule has 0 aliphatic carbocycles. The van der Waals surface area contributed by atoms with E-state index < -0.39 is 0 Å². The molecular weight excluding hydrogens is 285 g/mol. The summed E-state index contributed by atoms with van der Waals surface area (Å²) in [5.41, 5.74) is 4.84. The van der Waals surface area contributed by atoms with E-state index in [4.69, 9.17) is 12.2 Å². The molecule has 0 unspecified atom stereocenters. The fourth-order valence-corrected chi connectivity index (χ4v) is 1.89. The molecule has 0 heterocycles. The summed E-state index contributed by atoms with van der Waals surface area (Å²) in [4.78, 5) is 0. The number of rotatable bonds is 4. The zero-order valence-corrected chi connectivity index (χ0v) is 12.5. The fourth-order valence-electron chi connectivity index (χ4n) is 1.77. The third kappa shape index (κ3) is 4.65. The molecule has 0 atom stereocenters. The Bertz CT molecular complexity index is 641. The number of nitrogens with one attached hydrogen (secondary N) is 2. The highest BCUT2D eigenvalue weighted by Gasteiger charge is 2.04. The Morgan fingerprint density at radius 2 is 1.76 bits per heavy atom. The van der Waals surface area contributed by atoms with Gasteiger partial charge in [0, 0.05) is 12.1 Å². The Morgan fingerprint density at radius 1 is 1.10 bits per heavy atom. The Labute approximate surface area is 128 Å². The van der Waals surface area contributed by atoms with Gasteiger partial charge in [0.05, 0.1) is 5.71 Å². The van der Waals surface area contributed by atoms with Gasteiger partial charge in [0.25, 0.3) is 0 Å². The van der Waals surface area contributed by atoms with Crippen molar-refractivity contribution in [2.75, 3.05) is 0 Å². The first-order valence-corrected chi connectivity index (χ1v) is 6.94. The van der Waals surface area contributed by atoms with Crippen molar-refractivity contribution in [3.05, 3.63) is 71.5 Å². The quantitative estimate of drug-likeness (QED) is 0.517. The van der Waals surface area contributed by atoms with Crippen LogP contribution in [-0.2, 0) is 6.54 Å². The lowest BCUT2D eigenvalue weighted by atomic mass is 10.1. The molecule has 0 saturated heterocycles. The molecule has 0 saturated carbocycles. The molecule has 108 valence electrons. The molecule has 0 aliphatic rings. The predicted molar refractivity (Wildman–Crippen MR) is 87.6 cm³/mol. The summed E-state index contributed by atoms with van der Waals surface area (Å²) >= 11 is 5.13. The lowest BCUT2D eigenvalue weighted by Crippen LogP contribution is -2.32. The zero-order chi connectivity index (χ0) is 15.1. The van der Waals surface area contributed by atoms with Crippen molar-refractivity contribution in [2.24, 2.45) is 5.10 Å². The standard InChI is InChI=1S/C16H16FN3S/c1-12(14-9-5-6-10-15(14)17)19-20-16(21)18-11-13-7-3-2-4-8-13/h2-10H,11H2,1H3,(H2,18,20,21)/b19-12-. The van der Waals surface area contributed by atoms with Crippen molar-refractivity contribution in [3.63, 3.8) is 0 Å². The van der Waals surface area contributed by atoms with Gasteiger partial charge in [0.2, 0.25) is 0 Å². The van der Waals surface area contributed by atoms with Crippen LogP contribution in [0.25, 0.3) is 0 Å². The Morgan fingerprint density at radius 3 is 2.48 bits per heavy atom.